The topological polar surface area (TPSA) is 61.2 Å². The Bertz CT molecular complexity index is 1160. The lowest BCUT2D eigenvalue weighted by Gasteiger charge is -2.16. The van der Waals surface area contributed by atoms with Crippen LogP contribution < -0.4 is 14.8 Å². The van der Waals surface area contributed by atoms with Crippen LogP contribution in [0.2, 0.25) is 0 Å². The van der Waals surface area contributed by atoms with Crippen LogP contribution in [0.25, 0.3) is 5.69 Å². The highest BCUT2D eigenvalue weighted by molar-refractivity contribution is 9.10. The van der Waals surface area contributed by atoms with Crippen molar-refractivity contribution in [3.8, 4) is 17.2 Å². The first-order valence-corrected chi connectivity index (χ1v) is 10.7. The molecule has 0 unspecified atom stereocenters. The summed E-state index contributed by atoms with van der Waals surface area (Å²) in [5.74, 6) is 1.36. The second-order valence-electron chi connectivity index (χ2n) is 7.09. The molecule has 0 aliphatic heterocycles. The maximum absolute atomic E-state index is 6.03. The summed E-state index contributed by atoms with van der Waals surface area (Å²) in [6.07, 6.45) is 7.38. The first-order valence-electron chi connectivity index (χ1n) is 9.86. The summed E-state index contributed by atoms with van der Waals surface area (Å²) in [4.78, 5) is 4.25. The van der Waals surface area contributed by atoms with Crippen LogP contribution in [0.1, 0.15) is 16.7 Å². The van der Waals surface area contributed by atoms with Gasteiger partial charge in [-0.3, -0.25) is 4.98 Å². The highest BCUT2D eigenvalue weighted by Crippen LogP contribution is 2.37. The first kappa shape index (κ1) is 20.9. The molecule has 31 heavy (non-hydrogen) atoms. The standard InChI is InChI=1S/C24H23BrN4O2/c1-17-12-28-29(15-17)22-8-9-26-14-21(22)27-13-19-10-20(25)24(23(11-19)30-2)31-16-18-6-4-3-5-7-18/h3-12,14-15,27H,13,16H2,1-2H3. The number of hydrogen-bond acceptors (Lipinski definition) is 5. The molecule has 0 radical (unpaired) electrons. The average Bonchev–Trinajstić information content (AvgIpc) is 3.23. The van der Waals surface area contributed by atoms with Gasteiger partial charge in [-0.1, -0.05) is 30.3 Å². The number of hydrogen-bond donors (Lipinski definition) is 1. The van der Waals surface area contributed by atoms with E-state index in [9.17, 15) is 0 Å². The van der Waals surface area contributed by atoms with Crippen LogP contribution >= 0.6 is 15.9 Å². The molecule has 4 rings (SSSR count). The first-order chi connectivity index (χ1) is 15.1. The minimum absolute atomic E-state index is 0.468. The Kier molecular flexibility index (Phi) is 6.52. The van der Waals surface area contributed by atoms with Gasteiger partial charge in [0, 0.05) is 18.9 Å². The highest BCUT2D eigenvalue weighted by Gasteiger charge is 2.13. The third-order valence-corrected chi connectivity index (χ3v) is 5.34. The predicted octanol–water partition coefficient (Wildman–Crippen LogP) is 5.54. The van der Waals surface area contributed by atoms with E-state index in [2.05, 4.69) is 31.3 Å². The molecule has 0 atom stereocenters. The number of benzene rings is 2. The summed E-state index contributed by atoms with van der Waals surface area (Å²) in [7, 11) is 1.65. The molecule has 2 aromatic carbocycles. The maximum Gasteiger partial charge on any atom is 0.175 e. The largest absolute Gasteiger partial charge is 0.493 e. The van der Waals surface area contributed by atoms with Crippen LogP contribution in [-0.2, 0) is 13.2 Å². The van der Waals surface area contributed by atoms with Gasteiger partial charge in [0.1, 0.15) is 6.61 Å². The van der Waals surface area contributed by atoms with E-state index < -0.39 is 0 Å². The number of aromatic nitrogens is 3. The van der Waals surface area contributed by atoms with Crippen LogP contribution in [0, 0.1) is 6.92 Å². The molecule has 0 spiro atoms. The summed E-state index contributed by atoms with van der Waals surface area (Å²) in [5, 5.41) is 7.86. The monoisotopic (exact) mass is 478 g/mol. The van der Waals surface area contributed by atoms with Gasteiger partial charge in [-0.15, -0.1) is 0 Å². The van der Waals surface area contributed by atoms with Gasteiger partial charge < -0.3 is 14.8 Å². The fraction of sp³-hybridized carbons (Fsp3) is 0.167. The van der Waals surface area contributed by atoms with Crippen molar-refractivity contribution in [2.75, 3.05) is 12.4 Å². The van der Waals surface area contributed by atoms with Crippen molar-refractivity contribution in [3.05, 3.63) is 94.5 Å². The molecule has 0 bridgehead atoms. The SMILES string of the molecule is COc1cc(CNc2cnccc2-n2cc(C)cn2)cc(Br)c1OCc1ccccc1. The van der Waals surface area contributed by atoms with Crippen molar-refractivity contribution in [1.82, 2.24) is 14.8 Å². The Morgan fingerprint density at radius 2 is 1.90 bits per heavy atom. The van der Waals surface area contributed by atoms with Crippen LogP contribution in [0.5, 0.6) is 11.5 Å². The quantitative estimate of drug-likeness (QED) is 0.360. The number of pyridine rings is 1. The summed E-state index contributed by atoms with van der Waals surface area (Å²) >= 11 is 3.63. The minimum Gasteiger partial charge on any atom is -0.493 e. The Hall–Kier alpha value is -3.32. The Balaban J connectivity index is 1.50. The van der Waals surface area contributed by atoms with Crippen molar-refractivity contribution in [2.24, 2.45) is 0 Å². The van der Waals surface area contributed by atoms with Crippen molar-refractivity contribution in [3.63, 3.8) is 0 Å². The molecule has 0 saturated carbocycles. The number of methoxy groups -OCH3 is 1. The van der Waals surface area contributed by atoms with E-state index in [0.717, 1.165) is 32.5 Å². The molecule has 7 heteroatoms. The van der Waals surface area contributed by atoms with Crippen molar-refractivity contribution in [1.29, 1.82) is 0 Å². The molecule has 0 aliphatic rings. The van der Waals surface area contributed by atoms with E-state index in [0.29, 0.717) is 24.7 Å². The molecule has 6 nitrogen and oxygen atoms in total. The lowest BCUT2D eigenvalue weighted by molar-refractivity contribution is 0.282. The molecule has 0 saturated heterocycles. The molecular formula is C24H23BrN4O2. The normalized spacial score (nSPS) is 10.7. The lowest BCUT2D eigenvalue weighted by Crippen LogP contribution is -2.06. The Labute approximate surface area is 190 Å². The van der Waals surface area contributed by atoms with Crippen molar-refractivity contribution >= 4 is 21.6 Å². The van der Waals surface area contributed by atoms with Gasteiger partial charge in [-0.2, -0.15) is 5.10 Å². The fourth-order valence-electron chi connectivity index (χ4n) is 3.21. The maximum atomic E-state index is 6.03. The summed E-state index contributed by atoms with van der Waals surface area (Å²) in [6.45, 7) is 3.08. The molecule has 158 valence electrons. The lowest BCUT2D eigenvalue weighted by atomic mass is 10.2. The van der Waals surface area contributed by atoms with Crippen LogP contribution in [0.15, 0.2) is 77.8 Å². The van der Waals surface area contributed by atoms with Crippen LogP contribution in [0.4, 0.5) is 5.69 Å². The molecular weight excluding hydrogens is 456 g/mol. The zero-order valence-electron chi connectivity index (χ0n) is 17.4. The van der Waals surface area contributed by atoms with E-state index in [4.69, 9.17) is 9.47 Å². The van der Waals surface area contributed by atoms with Gasteiger partial charge in [-0.25, -0.2) is 4.68 Å². The van der Waals surface area contributed by atoms with Gasteiger partial charge in [0.15, 0.2) is 11.5 Å². The van der Waals surface area contributed by atoms with E-state index in [1.54, 1.807) is 19.5 Å². The average molecular weight is 479 g/mol. The van der Waals surface area contributed by atoms with E-state index in [1.165, 1.54) is 0 Å². The van der Waals surface area contributed by atoms with Gasteiger partial charge >= 0.3 is 0 Å². The fourth-order valence-corrected chi connectivity index (χ4v) is 3.81. The second kappa shape index (κ2) is 9.66. The zero-order valence-corrected chi connectivity index (χ0v) is 19.0. The molecule has 2 heterocycles. The van der Waals surface area contributed by atoms with Gasteiger partial charge in [0.2, 0.25) is 0 Å². The van der Waals surface area contributed by atoms with Crippen molar-refractivity contribution in [2.45, 2.75) is 20.1 Å². The summed E-state index contributed by atoms with van der Waals surface area (Å²) in [5.41, 5.74) is 5.08. The number of rotatable bonds is 8. The number of halogens is 1. The number of aryl methyl sites for hydroxylation is 1. The molecule has 2 aromatic heterocycles. The van der Waals surface area contributed by atoms with Crippen LogP contribution in [0.3, 0.4) is 0 Å². The highest BCUT2D eigenvalue weighted by atomic mass is 79.9. The van der Waals surface area contributed by atoms with E-state index in [-0.39, 0.29) is 0 Å². The number of nitrogens with zero attached hydrogens (tertiary/aromatic N) is 3. The Morgan fingerprint density at radius 3 is 2.65 bits per heavy atom. The molecule has 1 N–H and O–H groups in total. The smallest absolute Gasteiger partial charge is 0.175 e. The molecule has 0 aliphatic carbocycles. The van der Waals surface area contributed by atoms with Gasteiger partial charge in [0.25, 0.3) is 0 Å². The van der Waals surface area contributed by atoms with Crippen LogP contribution in [-0.4, -0.2) is 21.9 Å². The third kappa shape index (κ3) is 5.06. The third-order valence-electron chi connectivity index (χ3n) is 4.75. The number of anilines is 1. The minimum atomic E-state index is 0.468. The summed E-state index contributed by atoms with van der Waals surface area (Å²) < 4.78 is 14.3. The summed E-state index contributed by atoms with van der Waals surface area (Å²) in [6, 6.07) is 16.0. The second-order valence-corrected chi connectivity index (χ2v) is 7.95. The van der Waals surface area contributed by atoms with Crippen molar-refractivity contribution < 1.29 is 9.47 Å². The predicted molar refractivity (Wildman–Crippen MR) is 125 cm³/mol. The molecule has 0 fully saturated rings. The molecule has 4 aromatic rings. The number of ether oxygens (including phenoxy) is 2. The number of nitrogens with one attached hydrogen (secondary N) is 1. The zero-order chi connectivity index (χ0) is 21.6. The van der Waals surface area contributed by atoms with Gasteiger partial charge in [0.05, 0.1) is 35.4 Å². The van der Waals surface area contributed by atoms with E-state index in [1.807, 2.05) is 72.5 Å². The van der Waals surface area contributed by atoms with E-state index >= 15 is 0 Å². The van der Waals surface area contributed by atoms with Gasteiger partial charge in [-0.05, 0) is 57.7 Å². The Morgan fingerprint density at radius 1 is 1.06 bits per heavy atom. The molecule has 0 amide bonds.